The third-order valence-corrected chi connectivity index (χ3v) is 4.24. The van der Waals surface area contributed by atoms with Crippen LogP contribution in [0.4, 0.5) is 16.2 Å². The van der Waals surface area contributed by atoms with Gasteiger partial charge in [-0.2, -0.15) is 0 Å². The second-order valence-corrected chi connectivity index (χ2v) is 6.02. The molecule has 0 unspecified atom stereocenters. The molecule has 4 amide bonds. The minimum atomic E-state index is -0.672. The molecule has 2 aromatic rings. The van der Waals surface area contributed by atoms with Gasteiger partial charge in [0.1, 0.15) is 0 Å². The number of halogens is 1. The van der Waals surface area contributed by atoms with Crippen LogP contribution in [0.2, 0.25) is 5.02 Å². The molecule has 0 atom stereocenters. The monoisotopic (exact) mass is 388 g/mol. The quantitative estimate of drug-likeness (QED) is 0.463. The van der Waals surface area contributed by atoms with Crippen molar-refractivity contribution in [3.63, 3.8) is 0 Å². The molecule has 0 radical (unpaired) electrons. The lowest BCUT2D eigenvalue weighted by atomic mass is 10.1. The number of non-ortho nitro benzene ring substituents is 1. The number of imide groups is 1. The van der Waals surface area contributed by atoms with E-state index in [4.69, 9.17) is 11.6 Å². The Hall–Kier alpha value is -3.46. The molecule has 2 aromatic carbocycles. The number of carbonyl (C=O) groups excluding carboxylic acids is 3. The molecule has 138 valence electrons. The zero-order valence-electron chi connectivity index (χ0n) is 13.8. The summed E-state index contributed by atoms with van der Waals surface area (Å²) in [5, 5.41) is 15.8. The zero-order chi connectivity index (χ0) is 19.6. The molecule has 0 saturated carbocycles. The number of hydrogen-bond donors (Lipinski definition) is 2. The highest BCUT2D eigenvalue weighted by Crippen LogP contribution is 2.26. The van der Waals surface area contributed by atoms with Crippen molar-refractivity contribution in [3.8, 4) is 0 Å². The summed E-state index contributed by atoms with van der Waals surface area (Å²) in [6, 6.07) is 9.45. The Labute approximate surface area is 158 Å². The Bertz CT molecular complexity index is 927. The van der Waals surface area contributed by atoms with Gasteiger partial charge < -0.3 is 10.6 Å². The van der Waals surface area contributed by atoms with Gasteiger partial charge >= 0.3 is 6.03 Å². The van der Waals surface area contributed by atoms with Crippen LogP contribution < -0.4 is 10.6 Å². The zero-order valence-corrected chi connectivity index (χ0v) is 14.5. The van der Waals surface area contributed by atoms with Crippen LogP contribution in [0.3, 0.4) is 0 Å². The van der Waals surface area contributed by atoms with Crippen molar-refractivity contribution in [2.45, 2.75) is 0 Å². The number of rotatable bonds is 5. The SMILES string of the molecule is O=C(NCCN1C(=O)c2ccccc2C1=O)Nc1cc([N+](=O)[O-])ccc1Cl. The number of nitro groups is 1. The first-order valence-electron chi connectivity index (χ1n) is 7.82. The summed E-state index contributed by atoms with van der Waals surface area (Å²) < 4.78 is 0. The Morgan fingerprint density at radius 3 is 2.33 bits per heavy atom. The predicted molar refractivity (Wildman–Crippen MR) is 96.9 cm³/mol. The molecule has 0 spiro atoms. The Kier molecular flexibility index (Phi) is 5.04. The first-order chi connectivity index (χ1) is 12.9. The fourth-order valence-corrected chi connectivity index (χ4v) is 2.78. The summed E-state index contributed by atoms with van der Waals surface area (Å²) in [5.41, 5.74) is 0.510. The van der Waals surface area contributed by atoms with Gasteiger partial charge in [0, 0.05) is 25.2 Å². The van der Waals surface area contributed by atoms with Gasteiger partial charge in [-0.15, -0.1) is 0 Å². The van der Waals surface area contributed by atoms with Gasteiger partial charge in [-0.1, -0.05) is 23.7 Å². The lowest BCUT2D eigenvalue weighted by Crippen LogP contribution is -2.39. The molecule has 10 heteroatoms. The largest absolute Gasteiger partial charge is 0.336 e. The Morgan fingerprint density at radius 1 is 1.11 bits per heavy atom. The molecule has 0 fully saturated rings. The van der Waals surface area contributed by atoms with Gasteiger partial charge in [-0.3, -0.25) is 24.6 Å². The van der Waals surface area contributed by atoms with Crippen LogP contribution in [0.5, 0.6) is 0 Å². The van der Waals surface area contributed by atoms with Gasteiger partial charge in [-0.25, -0.2) is 4.79 Å². The first-order valence-corrected chi connectivity index (χ1v) is 8.20. The van der Waals surface area contributed by atoms with E-state index in [1.54, 1.807) is 24.3 Å². The van der Waals surface area contributed by atoms with Crippen LogP contribution in [0.1, 0.15) is 20.7 Å². The standard InChI is InChI=1S/C17H13ClN4O5/c18-13-6-5-10(22(26)27)9-14(13)20-17(25)19-7-8-21-15(23)11-3-1-2-4-12(11)16(21)24/h1-6,9H,7-8H2,(H2,19,20,25). The van der Waals surface area contributed by atoms with E-state index in [1.165, 1.54) is 12.1 Å². The molecule has 0 saturated heterocycles. The molecule has 1 aliphatic rings. The summed E-state index contributed by atoms with van der Waals surface area (Å²) in [5.74, 6) is -0.834. The fraction of sp³-hybridized carbons (Fsp3) is 0.118. The number of anilines is 1. The summed E-state index contributed by atoms with van der Waals surface area (Å²) in [6.07, 6.45) is 0. The van der Waals surface area contributed by atoms with Crippen LogP contribution in [0, 0.1) is 10.1 Å². The van der Waals surface area contributed by atoms with Crippen molar-refractivity contribution in [3.05, 3.63) is 68.7 Å². The number of nitrogens with one attached hydrogen (secondary N) is 2. The number of amides is 4. The summed E-state index contributed by atoms with van der Waals surface area (Å²) >= 11 is 5.91. The van der Waals surface area contributed by atoms with Crippen molar-refractivity contribution in [1.82, 2.24) is 10.2 Å². The maximum absolute atomic E-state index is 12.2. The van der Waals surface area contributed by atoms with E-state index < -0.39 is 22.8 Å². The summed E-state index contributed by atoms with van der Waals surface area (Å²) in [4.78, 5) is 47.6. The van der Waals surface area contributed by atoms with Crippen molar-refractivity contribution in [2.24, 2.45) is 0 Å². The van der Waals surface area contributed by atoms with E-state index in [0.29, 0.717) is 11.1 Å². The lowest BCUT2D eigenvalue weighted by molar-refractivity contribution is -0.384. The molecule has 9 nitrogen and oxygen atoms in total. The van der Waals surface area contributed by atoms with E-state index in [9.17, 15) is 24.5 Å². The molecule has 0 aliphatic carbocycles. The predicted octanol–water partition coefficient (Wildman–Crippen LogP) is 2.67. The van der Waals surface area contributed by atoms with E-state index in [1.807, 2.05) is 0 Å². The van der Waals surface area contributed by atoms with Crippen LogP contribution in [-0.4, -0.2) is 40.8 Å². The molecular formula is C17H13ClN4O5. The molecule has 1 aliphatic heterocycles. The molecule has 2 N–H and O–H groups in total. The number of benzene rings is 2. The molecule has 0 aromatic heterocycles. The van der Waals surface area contributed by atoms with Crippen LogP contribution in [0.25, 0.3) is 0 Å². The Balaban J connectivity index is 1.57. The number of hydrogen-bond acceptors (Lipinski definition) is 5. The van der Waals surface area contributed by atoms with Crippen molar-refractivity contribution in [1.29, 1.82) is 0 Å². The average Bonchev–Trinajstić information content (AvgIpc) is 2.88. The normalized spacial score (nSPS) is 12.7. The highest BCUT2D eigenvalue weighted by Gasteiger charge is 2.34. The van der Waals surface area contributed by atoms with Crippen LogP contribution in [-0.2, 0) is 0 Å². The molecule has 3 rings (SSSR count). The van der Waals surface area contributed by atoms with Crippen LogP contribution >= 0.6 is 11.6 Å². The highest BCUT2D eigenvalue weighted by atomic mass is 35.5. The summed E-state index contributed by atoms with van der Waals surface area (Å²) in [6.45, 7) is -0.00765. The molecule has 1 heterocycles. The van der Waals surface area contributed by atoms with Gasteiger partial charge in [0.15, 0.2) is 0 Å². The highest BCUT2D eigenvalue weighted by molar-refractivity contribution is 6.33. The second kappa shape index (κ2) is 7.42. The van der Waals surface area contributed by atoms with Crippen molar-refractivity contribution in [2.75, 3.05) is 18.4 Å². The minimum Gasteiger partial charge on any atom is -0.336 e. The van der Waals surface area contributed by atoms with Gasteiger partial charge in [0.2, 0.25) is 0 Å². The molecule has 0 bridgehead atoms. The van der Waals surface area contributed by atoms with Crippen molar-refractivity contribution >= 4 is 40.8 Å². The summed E-state index contributed by atoms with van der Waals surface area (Å²) in [7, 11) is 0. The average molecular weight is 389 g/mol. The minimum absolute atomic E-state index is 0.00382. The number of fused-ring (bicyclic) bond motifs is 1. The lowest BCUT2D eigenvalue weighted by Gasteiger charge is -2.14. The number of nitrogens with zero attached hydrogens (tertiary/aromatic N) is 2. The number of urea groups is 1. The number of nitro benzene ring substituents is 1. The van der Waals surface area contributed by atoms with Gasteiger partial charge in [0.25, 0.3) is 17.5 Å². The fourth-order valence-electron chi connectivity index (χ4n) is 2.61. The van der Waals surface area contributed by atoms with E-state index >= 15 is 0 Å². The van der Waals surface area contributed by atoms with Crippen molar-refractivity contribution < 1.29 is 19.3 Å². The van der Waals surface area contributed by atoms with Gasteiger partial charge in [0.05, 0.1) is 26.8 Å². The number of carbonyl (C=O) groups is 3. The molecule has 27 heavy (non-hydrogen) atoms. The third kappa shape index (κ3) is 3.72. The van der Waals surface area contributed by atoms with E-state index in [0.717, 1.165) is 11.0 Å². The topological polar surface area (TPSA) is 122 Å². The third-order valence-electron chi connectivity index (χ3n) is 3.91. The first kappa shape index (κ1) is 18.3. The second-order valence-electron chi connectivity index (χ2n) is 5.61. The van der Waals surface area contributed by atoms with E-state index in [2.05, 4.69) is 10.6 Å². The van der Waals surface area contributed by atoms with Gasteiger partial charge in [-0.05, 0) is 18.2 Å². The Morgan fingerprint density at radius 2 is 1.74 bits per heavy atom. The maximum Gasteiger partial charge on any atom is 0.319 e. The van der Waals surface area contributed by atoms with E-state index in [-0.39, 0.29) is 29.5 Å². The maximum atomic E-state index is 12.2. The molecular weight excluding hydrogens is 376 g/mol. The smallest absolute Gasteiger partial charge is 0.319 e. The van der Waals surface area contributed by atoms with Crippen LogP contribution in [0.15, 0.2) is 42.5 Å².